The molecule has 0 saturated carbocycles. The largest absolute Gasteiger partial charge is 0.359 e. The molecule has 1 heterocycles. The van der Waals surface area contributed by atoms with Crippen molar-refractivity contribution < 1.29 is 9.59 Å². The Labute approximate surface area is 105 Å². The fourth-order valence-electron chi connectivity index (χ4n) is 1.32. The number of nitrogens with one attached hydrogen (secondary N) is 2. The molecule has 0 aliphatic carbocycles. The van der Waals surface area contributed by atoms with E-state index in [1.165, 1.54) is 0 Å². The van der Waals surface area contributed by atoms with Gasteiger partial charge < -0.3 is 16.4 Å². The molecule has 0 aromatic carbocycles. The Kier molecular flexibility index (Phi) is 5.78. The molecule has 0 saturated heterocycles. The zero-order chi connectivity index (χ0) is 13.4. The van der Waals surface area contributed by atoms with E-state index in [2.05, 4.69) is 20.9 Å². The van der Waals surface area contributed by atoms with E-state index >= 15 is 0 Å². The van der Waals surface area contributed by atoms with Gasteiger partial charge in [-0.05, 0) is 6.42 Å². The summed E-state index contributed by atoms with van der Waals surface area (Å²) in [5.74, 6) is -0.227. The van der Waals surface area contributed by atoms with Crippen LogP contribution >= 0.6 is 0 Å². The number of hydrogen-bond donors (Lipinski definition) is 3. The van der Waals surface area contributed by atoms with Gasteiger partial charge in [-0.3, -0.25) is 14.3 Å². The Morgan fingerprint density at radius 1 is 1.44 bits per heavy atom. The van der Waals surface area contributed by atoms with Crippen molar-refractivity contribution in [2.24, 2.45) is 5.73 Å². The van der Waals surface area contributed by atoms with Gasteiger partial charge in [0.1, 0.15) is 5.69 Å². The van der Waals surface area contributed by atoms with Crippen LogP contribution in [-0.2, 0) is 22.7 Å². The molecular formula is C10H18N6O2. The molecule has 0 aliphatic rings. The molecule has 18 heavy (non-hydrogen) atoms. The van der Waals surface area contributed by atoms with Gasteiger partial charge in [-0.25, -0.2) is 0 Å². The number of carbonyl (C=O) groups excluding carboxylic acids is 2. The molecule has 0 bridgehead atoms. The second-order valence-corrected chi connectivity index (χ2v) is 3.73. The van der Waals surface area contributed by atoms with Crippen LogP contribution in [0.4, 0.5) is 0 Å². The second-order valence-electron chi connectivity index (χ2n) is 3.73. The summed E-state index contributed by atoms with van der Waals surface area (Å²) >= 11 is 0. The van der Waals surface area contributed by atoms with E-state index in [-0.39, 0.29) is 18.4 Å². The smallest absolute Gasteiger partial charge is 0.234 e. The monoisotopic (exact) mass is 254 g/mol. The third-order valence-corrected chi connectivity index (χ3v) is 2.31. The highest BCUT2D eigenvalue weighted by Crippen LogP contribution is 1.97. The molecule has 100 valence electrons. The van der Waals surface area contributed by atoms with Gasteiger partial charge in [-0.15, -0.1) is 5.10 Å². The van der Waals surface area contributed by atoms with Crippen LogP contribution in [0, 0.1) is 0 Å². The Bertz CT molecular complexity index is 403. The molecule has 0 unspecified atom stereocenters. The van der Waals surface area contributed by atoms with Gasteiger partial charge in [0.15, 0.2) is 0 Å². The zero-order valence-electron chi connectivity index (χ0n) is 10.3. The summed E-state index contributed by atoms with van der Waals surface area (Å²) in [6, 6.07) is 0. The molecule has 8 nitrogen and oxygen atoms in total. The second kappa shape index (κ2) is 7.38. The van der Waals surface area contributed by atoms with Gasteiger partial charge >= 0.3 is 0 Å². The summed E-state index contributed by atoms with van der Waals surface area (Å²) in [6.45, 7) is 0.886. The summed E-state index contributed by atoms with van der Waals surface area (Å²) in [5.41, 5.74) is 5.82. The highest BCUT2D eigenvalue weighted by molar-refractivity contribution is 5.77. The van der Waals surface area contributed by atoms with Crippen LogP contribution in [0.3, 0.4) is 0 Å². The number of aryl methyl sites for hydroxylation is 1. The Balaban J connectivity index is 2.30. The number of hydrogen-bond acceptors (Lipinski definition) is 5. The maximum absolute atomic E-state index is 11.0. The van der Waals surface area contributed by atoms with Gasteiger partial charge in [-0.2, -0.15) is 0 Å². The highest BCUT2D eigenvalue weighted by atomic mass is 16.2. The predicted molar refractivity (Wildman–Crippen MR) is 64.2 cm³/mol. The molecule has 1 aromatic rings. The van der Waals surface area contributed by atoms with Crippen molar-refractivity contribution >= 4 is 11.8 Å². The van der Waals surface area contributed by atoms with Crippen molar-refractivity contribution in [3.8, 4) is 0 Å². The van der Waals surface area contributed by atoms with E-state index in [1.807, 2.05) is 0 Å². The molecule has 1 aromatic heterocycles. The molecule has 4 N–H and O–H groups in total. The third kappa shape index (κ3) is 4.91. The lowest BCUT2D eigenvalue weighted by Gasteiger charge is -2.00. The Morgan fingerprint density at radius 2 is 2.22 bits per heavy atom. The molecule has 1 rings (SSSR count). The summed E-state index contributed by atoms with van der Waals surface area (Å²) in [4.78, 5) is 21.9. The van der Waals surface area contributed by atoms with Crippen molar-refractivity contribution in [3.63, 3.8) is 0 Å². The minimum absolute atomic E-state index is 0.00514. The van der Waals surface area contributed by atoms with Gasteiger partial charge in [0.05, 0.1) is 19.3 Å². The molecule has 8 heteroatoms. The first-order chi connectivity index (χ1) is 8.65. The van der Waals surface area contributed by atoms with Crippen molar-refractivity contribution in [2.45, 2.75) is 25.9 Å². The zero-order valence-corrected chi connectivity index (χ0v) is 10.3. The minimum Gasteiger partial charge on any atom is -0.359 e. The highest BCUT2D eigenvalue weighted by Gasteiger charge is 2.03. The number of nitrogens with two attached hydrogens (primary N) is 1. The Hall–Kier alpha value is -1.96. The maximum Gasteiger partial charge on any atom is 0.234 e. The van der Waals surface area contributed by atoms with Crippen LogP contribution in [0.25, 0.3) is 0 Å². The molecule has 0 atom stereocenters. The number of carbonyl (C=O) groups is 2. The van der Waals surface area contributed by atoms with Crippen LogP contribution in [0.15, 0.2) is 6.20 Å². The predicted octanol–water partition coefficient (Wildman–Crippen LogP) is -1.62. The van der Waals surface area contributed by atoms with Crippen LogP contribution in [0.2, 0.25) is 0 Å². The molecule has 2 amide bonds. The van der Waals surface area contributed by atoms with Crippen LogP contribution in [0.5, 0.6) is 0 Å². The van der Waals surface area contributed by atoms with E-state index in [0.717, 1.165) is 0 Å². The van der Waals surface area contributed by atoms with Crippen LogP contribution in [0.1, 0.15) is 18.5 Å². The van der Waals surface area contributed by atoms with Gasteiger partial charge in [-0.1, -0.05) is 5.21 Å². The lowest BCUT2D eigenvalue weighted by atomic mass is 10.3. The van der Waals surface area contributed by atoms with Crippen molar-refractivity contribution in [1.82, 2.24) is 25.6 Å². The maximum atomic E-state index is 11.0. The standard InChI is InChI=1S/C10H18N6O2/c1-12-9(17)3-2-4-16-7-8(14-15-16)6-13-10(18)5-11/h7H,2-6,11H2,1H3,(H,12,17)(H,13,18). The first kappa shape index (κ1) is 14.1. The topological polar surface area (TPSA) is 115 Å². The fraction of sp³-hybridized carbons (Fsp3) is 0.600. The molecule has 0 radical (unpaired) electrons. The van der Waals surface area contributed by atoms with E-state index in [4.69, 9.17) is 5.73 Å². The fourth-order valence-corrected chi connectivity index (χ4v) is 1.32. The summed E-state index contributed by atoms with van der Waals surface area (Å²) in [5, 5.41) is 12.9. The van der Waals surface area contributed by atoms with Crippen LogP contribution in [-0.4, -0.2) is 40.4 Å². The van der Waals surface area contributed by atoms with Crippen molar-refractivity contribution in [3.05, 3.63) is 11.9 Å². The number of nitrogens with zero attached hydrogens (tertiary/aromatic N) is 3. The first-order valence-corrected chi connectivity index (χ1v) is 5.72. The van der Waals surface area contributed by atoms with Crippen molar-refractivity contribution in [2.75, 3.05) is 13.6 Å². The van der Waals surface area contributed by atoms with E-state index < -0.39 is 0 Å². The summed E-state index contributed by atoms with van der Waals surface area (Å²) in [7, 11) is 1.61. The summed E-state index contributed by atoms with van der Waals surface area (Å²) in [6.07, 6.45) is 2.88. The van der Waals surface area contributed by atoms with E-state index in [9.17, 15) is 9.59 Å². The lowest BCUT2D eigenvalue weighted by molar-refractivity contribution is -0.121. The van der Waals surface area contributed by atoms with Gasteiger partial charge in [0.25, 0.3) is 0 Å². The van der Waals surface area contributed by atoms with E-state index in [0.29, 0.717) is 31.6 Å². The average Bonchev–Trinajstić information content (AvgIpc) is 2.83. The third-order valence-electron chi connectivity index (χ3n) is 2.31. The first-order valence-electron chi connectivity index (χ1n) is 5.72. The normalized spacial score (nSPS) is 10.1. The molecule has 0 aliphatic heterocycles. The van der Waals surface area contributed by atoms with Crippen LogP contribution < -0.4 is 16.4 Å². The van der Waals surface area contributed by atoms with Gasteiger partial charge in [0.2, 0.25) is 11.8 Å². The van der Waals surface area contributed by atoms with E-state index in [1.54, 1.807) is 17.9 Å². The minimum atomic E-state index is -0.232. The number of amides is 2. The summed E-state index contributed by atoms with van der Waals surface area (Å²) < 4.78 is 1.65. The molecule has 0 fully saturated rings. The number of aromatic nitrogens is 3. The van der Waals surface area contributed by atoms with Gasteiger partial charge in [0, 0.05) is 20.0 Å². The molecule has 0 spiro atoms. The average molecular weight is 254 g/mol. The quantitative estimate of drug-likeness (QED) is 0.541. The lowest BCUT2D eigenvalue weighted by Crippen LogP contribution is -2.29. The van der Waals surface area contributed by atoms with Crippen molar-refractivity contribution in [1.29, 1.82) is 0 Å². The molecular weight excluding hydrogens is 236 g/mol. The number of rotatable bonds is 7. The Morgan fingerprint density at radius 3 is 2.89 bits per heavy atom. The SMILES string of the molecule is CNC(=O)CCCn1cc(CNC(=O)CN)nn1.